The van der Waals surface area contributed by atoms with Gasteiger partial charge in [0.25, 0.3) is 6.10 Å². The highest BCUT2D eigenvalue weighted by molar-refractivity contribution is 6.12. The number of hydrogen-bond donors (Lipinski definition) is 1. The maximum absolute atomic E-state index is 16.2. The maximum atomic E-state index is 16.2. The van der Waals surface area contributed by atoms with E-state index in [0.29, 0.717) is 43.3 Å². The van der Waals surface area contributed by atoms with Crippen molar-refractivity contribution in [1.82, 2.24) is 14.9 Å². The number of fused-ring (bicyclic) bond motifs is 1. The Morgan fingerprint density at radius 1 is 0.945 bits per heavy atom. The molecule has 17 nitrogen and oxygen atoms in total. The van der Waals surface area contributed by atoms with Crippen LogP contribution in [0, 0.1) is 6.92 Å². The number of nitrogens with zero attached hydrogens (tertiary/aromatic N) is 5. The van der Waals surface area contributed by atoms with Crippen molar-refractivity contribution in [3.63, 3.8) is 0 Å². The molecule has 2 aliphatic rings. The fourth-order valence-electron chi connectivity index (χ4n) is 5.40. The Morgan fingerprint density at radius 3 is 2.16 bits per heavy atom. The Kier molecular flexibility index (Phi) is 15.1. The van der Waals surface area contributed by atoms with Gasteiger partial charge in [-0.05, 0) is 54.0 Å². The van der Waals surface area contributed by atoms with Crippen LogP contribution in [0.3, 0.4) is 0 Å². The molecule has 0 bridgehead atoms. The third kappa shape index (κ3) is 13.0. The van der Waals surface area contributed by atoms with Crippen LogP contribution in [0.2, 0.25) is 0 Å². The summed E-state index contributed by atoms with van der Waals surface area (Å²) in [5.41, 5.74) is -1.15. The molecule has 55 heavy (non-hydrogen) atoms. The molecule has 1 saturated heterocycles. The van der Waals surface area contributed by atoms with E-state index >= 15 is 4.39 Å². The molecule has 0 spiro atoms. The second kappa shape index (κ2) is 19.3. The van der Waals surface area contributed by atoms with Gasteiger partial charge in [-0.3, -0.25) is 4.90 Å². The molecule has 0 saturated carbocycles. The van der Waals surface area contributed by atoms with Crippen molar-refractivity contribution < 1.29 is 56.7 Å². The van der Waals surface area contributed by atoms with Gasteiger partial charge in [0.2, 0.25) is 0 Å². The molecule has 2 aromatic rings. The summed E-state index contributed by atoms with van der Waals surface area (Å²) in [7, 11) is 1.34. The van der Waals surface area contributed by atoms with E-state index in [1.54, 1.807) is 65.8 Å². The number of carbonyl (C=O) groups excluding carboxylic acids is 4. The van der Waals surface area contributed by atoms with E-state index in [0.717, 1.165) is 0 Å². The minimum absolute atomic E-state index is 0.00876. The van der Waals surface area contributed by atoms with E-state index in [2.05, 4.69) is 20.2 Å². The van der Waals surface area contributed by atoms with Crippen LogP contribution in [-0.2, 0) is 49.4 Å². The Morgan fingerprint density at radius 2 is 1.56 bits per heavy atom. The first-order chi connectivity index (χ1) is 26.0. The SMILES string of the molecule is COC(COC(C(=O)OCCN1CCOCC1)C(=O)OCc1ccccc1)CC(F)N1CNc2c(N(C(=O)OC(C)(C)C)C(=O)OC(C)(C)C)nc(C)nc21. The van der Waals surface area contributed by atoms with Crippen molar-refractivity contribution >= 4 is 41.4 Å². The molecule has 2 amide bonds. The van der Waals surface area contributed by atoms with Gasteiger partial charge in [0.15, 0.2) is 17.9 Å². The van der Waals surface area contributed by atoms with Gasteiger partial charge < -0.3 is 43.4 Å². The molecule has 0 aliphatic carbocycles. The van der Waals surface area contributed by atoms with Crippen molar-refractivity contribution in [2.75, 3.05) is 75.0 Å². The van der Waals surface area contributed by atoms with Crippen LogP contribution in [-0.4, -0.2) is 129 Å². The molecule has 18 heteroatoms. The highest BCUT2D eigenvalue weighted by Crippen LogP contribution is 2.40. The van der Waals surface area contributed by atoms with E-state index in [1.807, 2.05) is 6.07 Å². The van der Waals surface area contributed by atoms with Crippen molar-refractivity contribution in [2.24, 2.45) is 0 Å². The third-order valence-electron chi connectivity index (χ3n) is 8.03. The van der Waals surface area contributed by atoms with E-state index < -0.39 is 53.8 Å². The summed E-state index contributed by atoms with van der Waals surface area (Å²) >= 11 is 0. The number of aryl methyl sites for hydroxylation is 1. The topological polar surface area (TPSA) is 180 Å². The highest BCUT2D eigenvalue weighted by Gasteiger charge is 2.40. The fourth-order valence-corrected chi connectivity index (χ4v) is 5.40. The lowest BCUT2D eigenvalue weighted by Gasteiger charge is -2.29. The Bertz CT molecular complexity index is 1590. The van der Waals surface area contributed by atoms with Crippen molar-refractivity contribution in [3.8, 4) is 0 Å². The number of methoxy groups -OCH3 is 1. The summed E-state index contributed by atoms with van der Waals surface area (Å²) in [4.78, 5) is 65.8. The quantitative estimate of drug-likeness (QED) is 0.117. The summed E-state index contributed by atoms with van der Waals surface area (Å²) in [5, 5.41) is 2.98. The van der Waals surface area contributed by atoms with Crippen molar-refractivity contribution in [1.29, 1.82) is 0 Å². The first kappa shape index (κ1) is 43.1. The summed E-state index contributed by atoms with van der Waals surface area (Å²) in [6, 6.07) is 8.92. The number of halogens is 1. The van der Waals surface area contributed by atoms with E-state index in [1.165, 1.54) is 18.9 Å². The van der Waals surface area contributed by atoms with Gasteiger partial charge in [0, 0.05) is 33.2 Å². The molecule has 1 fully saturated rings. The molecule has 0 radical (unpaired) electrons. The number of morpholine rings is 1. The number of hydrogen-bond acceptors (Lipinski definition) is 16. The lowest BCUT2D eigenvalue weighted by atomic mass is 10.2. The summed E-state index contributed by atoms with van der Waals surface area (Å²) < 4.78 is 54.7. The number of benzene rings is 1. The Hall–Kier alpha value is -4.65. The highest BCUT2D eigenvalue weighted by atomic mass is 19.1. The number of nitrogens with one attached hydrogen (secondary N) is 1. The zero-order chi connectivity index (χ0) is 40.3. The second-order valence-electron chi connectivity index (χ2n) is 14.8. The van der Waals surface area contributed by atoms with Crippen LogP contribution >= 0.6 is 0 Å². The number of ether oxygens (including phenoxy) is 7. The fraction of sp³-hybridized carbons (Fsp3) is 0.622. The van der Waals surface area contributed by atoms with Crippen LogP contribution < -0.4 is 15.1 Å². The minimum Gasteiger partial charge on any atom is -0.462 e. The summed E-state index contributed by atoms with van der Waals surface area (Å²) in [6.45, 7) is 13.7. The number of amides is 2. The molecule has 3 unspecified atom stereocenters. The van der Waals surface area contributed by atoms with E-state index in [9.17, 15) is 19.2 Å². The molecule has 2 aliphatic heterocycles. The van der Waals surface area contributed by atoms with Crippen molar-refractivity contribution in [2.45, 2.75) is 91.2 Å². The monoisotopic (exact) mass is 776 g/mol. The summed E-state index contributed by atoms with van der Waals surface area (Å²) in [5.74, 6) is -1.91. The molecule has 304 valence electrons. The van der Waals surface area contributed by atoms with Crippen LogP contribution in [0.4, 0.5) is 31.3 Å². The zero-order valence-corrected chi connectivity index (χ0v) is 32.8. The van der Waals surface area contributed by atoms with Crippen LogP contribution in [0.1, 0.15) is 59.4 Å². The van der Waals surface area contributed by atoms with Gasteiger partial charge in [0.1, 0.15) is 35.9 Å². The third-order valence-corrected chi connectivity index (χ3v) is 8.03. The minimum atomic E-state index is -1.77. The molecule has 3 atom stereocenters. The zero-order valence-electron chi connectivity index (χ0n) is 32.8. The van der Waals surface area contributed by atoms with Crippen LogP contribution in [0.5, 0.6) is 0 Å². The van der Waals surface area contributed by atoms with Crippen LogP contribution in [0.15, 0.2) is 30.3 Å². The van der Waals surface area contributed by atoms with E-state index in [4.69, 9.17) is 33.2 Å². The van der Waals surface area contributed by atoms with E-state index in [-0.39, 0.29) is 56.1 Å². The van der Waals surface area contributed by atoms with Gasteiger partial charge in [-0.25, -0.2) is 33.5 Å². The molecule has 1 aromatic carbocycles. The number of carbonyl (C=O) groups is 4. The number of rotatable bonds is 15. The van der Waals surface area contributed by atoms with Gasteiger partial charge in [0.05, 0.1) is 32.6 Å². The largest absolute Gasteiger partial charge is 0.462 e. The second-order valence-corrected chi connectivity index (χ2v) is 14.8. The number of esters is 2. The molecular formula is C37H53FN6O11. The molecule has 1 aromatic heterocycles. The maximum Gasteiger partial charge on any atom is 0.425 e. The van der Waals surface area contributed by atoms with Gasteiger partial charge in [-0.1, -0.05) is 30.3 Å². The lowest BCUT2D eigenvalue weighted by Crippen LogP contribution is -2.44. The predicted octanol–water partition coefficient (Wildman–Crippen LogP) is 4.36. The molecular weight excluding hydrogens is 723 g/mol. The number of alkyl halides is 1. The first-order valence-corrected chi connectivity index (χ1v) is 18.1. The predicted molar refractivity (Wildman–Crippen MR) is 197 cm³/mol. The molecule has 1 N–H and O–H groups in total. The molecule has 3 heterocycles. The standard InChI is InChI=1S/C37H53FN6O11/c1-24-40-30-28(31(41-24)44(34(47)54-36(2,3)4)35(48)55-37(5,6)7)39-23-43(30)27(38)20-26(49-8)22-52-29(33(46)53-21-25-12-10-9-11-13-25)32(45)51-19-16-42-14-17-50-18-15-42/h9-13,26-27,29,39H,14-23H2,1-8H3. The summed E-state index contributed by atoms with van der Waals surface area (Å²) in [6.07, 6.45) is -6.91. The Balaban J connectivity index is 1.48. The molecule has 4 rings (SSSR count). The Labute approximate surface area is 320 Å². The van der Waals surface area contributed by atoms with Gasteiger partial charge >= 0.3 is 24.1 Å². The smallest absolute Gasteiger partial charge is 0.425 e. The normalized spacial score (nSPS) is 16.3. The number of imide groups is 1. The van der Waals surface area contributed by atoms with Gasteiger partial charge in [-0.15, -0.1) is 0 Å². The number of anilines is 3. The number of aromatic nitrogens is 2. The first-order valence-electron chi connectivity index (χ1n) is 18.1. The average Bonchev–Trinajstić information content (AvgIpc) is 3.53. The average molecular weight is 777 g/mol. The van der Waals surface area contributed by atoms with Gasteiger partial charge in [-0.2, -0.15) is 4.90 Å². The lowest BCUT2D eigenvalue weighted by molar-refractivity contribution is -0.177. The van der Waals surface area contributed by atoms with Crippen molar-refractivity contribution in [3.05, 3.63) is 41.7 Å². The van der Waals surface area contributed by atoms with Crippen LogP contribution in [0.25, 0.3) is 0 Å².